The molecule has 1 aliphatic rings. The third-order valence-electron chi connectivity index (χ3n) is 4.11. The van der Waals surface area contributed by atoms with Crippen molar-refractivity contribution < 1.29 is 5.11 Å². The summed E-state index contributed by atoms with van der Waals surface area (Å²) in [6.07, 6.45) is 2.68. The fourth-order valence-corrected chi connectivity index (χ4v) is 3.89. The zero-order valence-corrected chi connectivity index (χ0v) is 12.2. The van der Waals surface area contributed by atoms with Gasteiger partial charge >= 0.3 is 0 Å². The lowest BCUT2D eigenvalue weighted by molar-refractivity contribution is 0.0936. The van der Waals surface area contributed by atoms with Gasteiger partial charge < -0.3 is 5.11 Å². The fourth-order valence-electron chi connectivity index (χ4n) is 2.87. The molecule has 19 heavy (non-hydrogen) atoms. The maximum absolute atomic E-state index is 10.5. The summed E-state index contributed by atoms with van der Waals surface area (Å²) in [4.78, 5) is 5.89. The molecule has 0 saturated carbocycles. The Hall–Kier alpha value is -1.19. The number of aliphatic hydroxyl groups excluding tert-OH is 1. The van der Waals surface area contributed by atoms with Gasteiger partial charge in [-0.1, -0.05) is 24.3 Å². The minimum atomic E-state index is -0.338. The van der Waals surface area contributed by atoms with Crippen LogP contribution in [0.5, 0.6) is 0 Å². The Morgan fingerprint density at radius 1 is 1.32 bits per heavy atom. The highest BCUT2D eigenvalue weighted by Crippen LogP contribution is 2.36. The number of fused-ring (bicyclic) bond motifs is 1. The van der Waals surface area contributed by atoms with Crippen molar-refractivity contribution in [1.82, 2.24) is 4.98 Å². The Kier molecular flexibility index (Phi) is 3.42. The highest BCUT2D eigenvalue weighted by Gasteiger charge is 2.28. The number of rotatable bonds is 2. The molecule has 2 unspecified atom stereocenters. The molecule has 100 valence electrons. The number of benzene rings is 1. The van der Waals surface area contributed by atoms with Crippen molar-refractivity contribution >= 4 is 11.3 Å². The van der Waals surface area contributed by atoms with E-state index in [1.54, 1.807) is 11.3 Å². The zero-order chi connectivity index (χ0) is 13.4. The van der Waals surface area contributed by atoms with Crippen LogP contribution in [-0.4, -0.2) is 10.1 Å². The maximum Gasteiger partial charge on any atom is 0.0934 e. The minimum absolute atomic E-state index is 0.305. The topological polar surface area (TPSA) is 33.1 Å². The second-order valence-corrected chi connectivity index (χ2v) is 6.68. The zero-order valence-electron chi connectivity index (χ0n) is 11.4. The van der Waals surface area contributed by atoms with Crippen LogP contribution < -0.4 is 0 Å². The smallest absolute Gasteiger partial charge is 0.0934 e. The van der Waals surface area contributed by atoms with Gasteiger partial charge in [-0.2, -0.15) is 0 Å². The molecule has 2 aromatic rings. The first-order chi connectivity index (χ1) is 9.15. The molecule has 1 heterocycles. The lowest BCUT2D eigenvalue weighted by atomic mass is 9.80. The standard InChI is InChI=1S/C16H19NOS/c1-10-11(2)19-15(17-10)9-13-8-7-12-5-3-4-6-14(12)16(13)18/h3-6,13,16,18H,7-9H2,1-2H3. The molecule has 1 aromatic heterocycles. The van der Waals surface area contributed by atoms with Crippen molar-refractivity contribution in [3.63, 3.8) is 0 Å². The Labute approximate surface area is 118 Å². The predicted octanol–water partition coefficient (Wildman–Crippen LogP) is 3.60. The largest absolute Gasteiger partial charge is 0.388 e. The molecule has 0 spiro atoms. The van der Waals surface area contributed by atoms with Gasteiger partial charge in [0.2, 0.25) is 0 Å². The van der Waals surface area contributed by atoms with Gasteiger partial charge in [-0.25, -0.2) is 4.98 Å². The highest BCUT2D eigenvalue weighted by atomic mass is 32.1. The van der Waals surface area contributed by atoms with Gasteiger partial charge in [-0.05, 0) is 43.7 Å². The number of nitrogens with zero attached hydrogens (tertiary/aromatic N) is 1. The van der Waals surface area contributed by atoms with Crippen molar-refractivity contribution in [1.29, 1.82) is 0 Å². The van der Waals surface area contributed by atoms with E-state index in [1.165, 1.54) is 15.4 Å². The number of aliphatic hydroxyl groups is 1. The summed E-state index contributed by atoms with van der Waals surface area (Å²) in [7, 11) is 0. The van der Waals surface area contributed by atoms with E-state index in [0.717, 1.165) is 30.5 Å². The van der Waals surface area contributed by atoms with Gasteiger partial charge in [0.15, 0.2) is 0 Å². The summed E-state index contributed by atoms with van der Waals surface area (Å²) in [6.45, 7) is 4.17. The minimum Gasteiger partial charge on any atom is -0.388 e. The molecule has 0 aliphatic heterocycles. The molecule has 0 radical (unpaired) electrons. The summed E-state index contributed by atoms with van der Waals surface area (Å²) in [5, 5.41) is 11.7. The number of thiazole rings is 1. The monoisotopic (exact) mass is 273 g/mol. The molecule has 3 heteroatoms. The Balaban J connectivity index is 1.80. The third-order valence-corrected chi connectivity index (χ3v) is 5.21. The number of hydrogen-bond acceptors (Lipinski definition) is 3. The molecule has 0 saturated heterocycles. The molecular formula is C16H19NOS. The van der Waals surface area contributed by atoms with E-state index in [1.807, 2.05) is 6.07 Å². The van der Waals surface area contributed by atoms with Crippen molar-refractivity contribution in [2.75, 3.05) is 0 Å². The molecule has 1 aromatic carbocycles. The van der Waals surface area contributed by atoms with Crippen LogP contribution in [0.15, 0.2) is 24.3 Å². The average molecular weight is 273 g/mol. The van der Waals surface area contributed by atoms with Crippen LogP contribution in [0.25, 0.3) is 0 Å². The summed E-state index contributed by atoms with van der Waals surface area (Å²) in [6, 6.07) is 8.26. The Morgan fingerprint density at radius 2 is 2.11 bits per heavy atom. The lowest BCUT2D eigenvalue weighted by Gasteiger charge is -2.29. The van der Waals surface area contributed by atoms with E-state index < -0.39 is 0 Å². The van der Waals surface area contributed by atoms with E-state index in [0.29, 0.717) is 5.92 Å². The first-order valence-electron chi connectivity index (χ1n) is 6.84. The number of aryl methyl sites for hydroxylation is 3. The second kappa shape index (κ2) is 5.06. The van der Waals surface area contributed by atoms with Crippen molar-refractivity contribution in [3.8, 4) is 0 Å². The SMILES string of the molecule is Cc1nc(CC2CCc3ccccc3C2O)sc1C. The second-order valence-electron chi connectivity index (χ2n) is 5.40. The van der Waals surface area contributed by atoms with E-state index in [-0.39, 0.29) is 6.10 Å². The number of aromatic nitrogens is 1. The average Bonchev–Trinajstić information content (AvgIpc) is 2.72. The highest BCUT2D eigenvalue weighted by molar-refractivity contribution is 7.11. The van der Waals surface area contributed by atoms with Crippen molar-refractivity contribution in [2.45, 2.75) is 39.2 Å². The van der Waals surface area contributed by atoms with Crippen LogP contribution in [-0.2, 0) is 12.8 Å². The molecule has 1 aliphatic carbocycles. The van der Waals surface area contributed by atoms with E-state index in [4.69, 9.17) is 0 Å². The Bertz CT molecular complexity index is 571. The van der Waals surface area contributed by atoms with Gasteiger partial charge in [0, 0.05) is 11.3 Å². The van der Waals surface area contributed by atoms with Crippen LogP contribution in [0, 0.1) is 19.8 Å². The first kappa shape index (κ1) is 12.8. The molecule has 0 amide bonds. The van der Waals surface area contributed by atoms with Gasteiger partial charge in [0.05, 0.1) is 16.8 Å². The fraction of sp³-hybridized carbons (Fsp3) is 0.438. The third kappa shape index (κ3) is 2.45. The maximum atomic E-state index is 10.5. The van der Waals surface area contributed by atoms with Crippen molar-refractivity contribution in [3.05, 3.63) is 51.0 Å². The lowest BCUT2D eigenvalue weighted by Crippen LogP contribution is -2.22. The van der Waals surface area contributed by atoms with Gasteiger partial charge in [0.1, 0.15) is 0 Å². The molecule has 3 rings (SSSR count). The molecule has 2 atom stereocenters. The molecule has 0 fully saturated rings. The Morgan fingerprint density at radius 3 is 2.84 bits per heavy atom. The van der Waals surface area contributed by atoms with Crippen molar-refractivity contribution in [2.24, 2.45) is 5.92 Å². The van der Waals surface area contributed by atoms with Crippen LogP contribution in [0.2, 0.25) is 0 Å². The molecule has 2 nitrogen and oxygen atoms in total. The molecular weight excluding hydrogens is 254 g/mol. The normalized spacial score (nSPS) is 22.3. The van der Waals surface area contributed by atoms with Crippen LogP contribution in [0.4, 0.5) is 0 Å². The summed E-state index contributed by atoms with van der Waals surface area (Å²) in [5.74, 6) is 0.305. The van der Waals surface area contributed by atoms with Crippen LogP contribution in [0.3, 0.4) is 0 Å². The first-order valence-corrected chi connectivity index (χ1v) is 7.65. The summed E-state index contributed by atoms with van der Waals surface area (Å²) in [5.41, 5.74) is 3.55. The molecule has 0 bridgehead atoms. The number of hydrogen-bond donors (Lipinski definition) is 1. The van der Waals surface area contributed by atoms with Gasteiger partial charge in [0.25, 0.3) is 0 Å². The van der Waals surface area contributed by atoms with Crippen LogP contribution in [0.1, 0.15) is 39.2 Å². The van der Waals surface area contributed by atoms with E-state index in [9.17, 15) is 5.11 Å². The summed E-state index contributed by atoms with van der Waals surface area (Å²) < 4.78 is 0. The molecule has 1 N–H and O–H groups in total. The van der Waals surface area contributed by atoms with Crippen LogP contribution >= 0.6 is 11.3 Å². The summed E-state index contributed by atoms with van der Waals surface area (Å²) >= 11 is 1.77. The van der Waals surface area contributed by atoms with E-state index >= 15 is 0 Å². The van der Waals surface area contributed by atoms with Gasteiger partial charge in [-0.15, -0.1) is 11.3 Å². The van der Waals surface area contributed by atoms with Gasteiger partial charge in [-0.3, -0.25) is 0 Å². The quantitative estimate of drug-likeness (QED) is 0.907. The van der Waals surface area contributed by atoms with E-state index in [2.05, 4.69) is 37.0 Å². The predicted molar refractivity (Wildman–Crippen MR) is 78.5 cm³/mol.